The lowest BCUT2D eigenvalue weighted by molar-refractivity contribution is -0.140. The second-order valence-electron chi connectivity index (χ2n) is 7.62. The molecule has 0 aliphatic carbocycles. The van der Waals surface area contributed by atoms with Crippen LogP contribution in [0.5, 0.6) is 11.5 Å². The first-order chi connectivity index (χ1) is 14.8. The fourth-order valence-corrected chi connectivity index (χ4v) is 2.90. The van der Waals surface area contributed by atoms with E-state index in [1.807, 2.05) is 36.4 Å². The number of aliphatic hydroxyl groups excluding tert-OH is 1. The Bertz CT molecular complexity index is 824. The van der Waals surface area contributed by atoms with Crippen molar-refractivity contribution in [2.75, 3.05) is 39.6 Å². The number of hydrogen-bond donors (Lipinski definition) is 1. The van der Waals surface area contributed by atoms with Gasteiger partial charge in [-0.05, 0) is 42.3 Å². The van der Waals surface area contributed by atoms with Crippen LogP contribution in [0.4, 0.5) is 0 Å². The molecule has 0 bridgehead atoms. The average Bonchev–Trinajstić information content (AvgIpc) is 2.77. The Hall–Kier alpha value is -2.83. The summed E-state index contributed by atoms with van der Waals surface area (Å²) in [5.74, 6) is 1.10. The van der Waals surface area contributed by atoms with Gasteiger partial charge in [-0.15, -0.1) is 0 Å². The van der Waals surface area contributed by atoms with Crippen molar-refractivity contribution < 1.29 is 28.8 Å². The van der Waals surface area contributed by atoms with Crippen molar-refractivity contribution in [1.29, 1.82) is 0 Å². The van der Waals surface area contributed by atoms with E-state index >= 15 is 0 Å². The van der Waals surface area contributed by atoms with Crippen molar-refractivity contribution in [1.82, 2.24) is 0 Å². The van der Waals surface area contributed by atoms with Crippen molar-refractivity contribution in [2.24, 2.45) is 0 Å². The van der Waals surface area contributed by atoms with Crippen LogP contribution in [0.25, 0.3) is 0 Å². The van der Waals surface area contributed by atoms with Gasteiger partial charge in [-0.3, -0.25) is 0 Å². The first kappa shape index (κ1) is 24.4. The van der Waals surface area contributed by atoms with E-state index in [1.165, 1.54) is 11.1 Å². The molecular formula is C25H32O6. The molecule has 6 nitrogen and oxygen atoms in total. The number of hydrogen-bond acceptors (Lipinski definition) is 6. The van der Waals surface area contributed by atoms with Gasteiger partial charge in [0.05, 0.1) is 19.8 Å². The summed E-state index contributed by atoms with van der Waals surface area (Å²) in [6.45, 7) is 11.1. The van der Waals surface area contributed by atoms with E-state index in [4.69, 9.17) is 24.1 Å². The molecule has 0 amide bonds. The van der Waals surface area contributed by atoms with E-state index < -0.39 is 5.97 Å². The lowest BCUT2D eigenvalue weighted by Crippen LogP contribution is -2.18. The highest BCUT2D eigenvalue weighted by atomic mass is 16.6. The minimum atomic E-state index is -0.408. The Balaban J connectivity index is 1.78. The van der Waals surface area contributed by atoms with E-state index in [-0.39, 0.29) is 25.2 Å². The van der Waals surface area contributed by atoms with E-state index in [2.05, 4.69) is 32.6 Å². The van der Waals surface area contributed by atoms with Crippen molar-refractivity contribution >= 4 is 5.97 Å². The van der Waals surface area contributed by atoms with Crippen molar-refractivity contribution in [2.45, 2.75) is 26.2 Å². The zero-order valence-electron chi connectivity index (χ0n) is 18.6. The molecule has 2 aromatic rings. The van der Waals surface area contributed by atoms with Gasteiger partial charge < -0.3 is 24.1 Å². The van der Waals surface area contributed by atoms with Crippen LogP contribution in [0.2, 0.25) is 0 Å². The molecule has 6 heteroatoms. The molecule has 0 fully saturated rings. The highest BCUT2D eigenvalue weighted by Crippen LogP contribution is 2.33. The van der Waals surface area contributed by atoms with Crippen LogP contribution in [-0.2, 0) is 19.7 Å². The highest BCUT2D eigenvalue weighted by Gasteiger charge is 2.23. The molecule has 168 valence electrons. The van der Waals surface area contributed by atoms with Gasteiger partial charge in [-0.1, -0.05) is 44.7 Å². The van der Waals surface area contributed by atoms with Crippen LogP contribution in [-0.4, -0.2) is 50.7 Å². The topological polar surface area (TPSA) is 74.2 Å². The van der Waals surface area contributed by atoms with Gasteiger partial charge in [0, 0.05) is 11.0 Å². The quantitative estimate of drug-likeness (QED) is 0.296. The molecule has 0 radical (unpaired) electrons. The van der Waals surface area contributed by atoms with Gasteiger partial charge in [0.15, 0.2) is 0 Å². The zero-order valence-corrected chi connectivity index (χ0v) is 18.6. The van der Waals surface area contributed by atoms with Crippen LogP contribution in [0.3, 0.4) is 0 Å². The molecule has 0 aromatic heterocycles. The van der Waals surface area contributed by atoms with Crippen molar-refractivity contribution in [3.8, 4) is 11.5 Å². The normalized spacial score (nSPS) is 11.1. The third kappa shape index (κ3) is 7.74. The smallest absolute Gasteiger partial charge is 0.333 e. The Labute approximate surface area is 184 Å². The van der Waals surface area contributed by atoms with Crippen LogP contribution in [0.1, 0.15) is 31.9 Å². The maximum atomic E-state index is 11.2. The first-order valence-corrected chi connectivity index (χ1v) is 10.3. The lowest BCUT2D eigenvalue weighted by Gasteiger charge is -2.26. The summed E-state index contributed by atoms with van der Waals surface area (Å²) in [6, 6.07) is 15.9. The molecule has 0 aliphatic rings. The van der Waals surface area contributed by atoms with Gasteiger partial charge in [0.1, 0.15) is 31.3 Å². The second kappa shape index (κ2) is 12.1. The van der Waals surface area contributed by atoms with E-state index in [1.54, 1.807) is 6.92 Å². The third-order valence-electron chi connectivity index (χ3n) is 4.82. The first-order valence-electron chi connectivity index (χ1n) is 10.3. The molecule has 31 heavy (non-hydrogen) atoms. The summed E-state index contributed by atoms with van der Waals surface area (Å²) in [6.07, 6.45) is 0. The summed E-state index contributed by atoms with van der Waals surface area (Å²) < 4.78 is 21.5. The summed E-state index contributed by atoms with van der Waals surface area (Å²) in [5.41, 5.74) is 2.52. The zero-order chi connectivity index (χ0) is 22.7. The van der Waals surface area contributed by atoms with Crippen LogP contribution >= 0.6 is 0 Å². The minimum absolute atomic E-state index is 0.00132. The molecule has 1 N–H and O–H groups in total. The molecule has 0 saturated carbocycles. The number of esters is 1. The summed E-state index contributed by atoms with van der Waals surface area (Å²) in [7, 11) is 0. The number of ether oxygens (including phenoxy) is 4. The van der Waals surface area contributed by atoms with Gasteiger partial charge in [-0.2, -0.15) is 0 Å². The molecule has 2 aromatic carbocycles. The molecule has 0 atom stereocenters. The van der Waals surface area contributed by atoms with Crippen molar-refractivity contribution in [3.05, 3.63) is 71.8 Å². The fourth-order valence-electron chi connectivity index (χ4n) is 2.90. The van der Waals surface area contributed by atoms with Crippen molar-refractivity contribution in [3.63, 3.8) is 0 Å². The van der Waals surface area contributed by atoms with Gasteiger partial charge in [0.2, 0.25) is 0 Å². The molecule has 0 unspecified atom stereocenters. The van der Waals surface area contributed by atoms with Crippen LogP contribution in [0.15, 0.2) is 60.7 Å². The largest absolute Gasteiger partial charge is 0.491 e. The average molecular weight is 429 g/mol. The van der Waals surface area contributed by atoms with E-state index in [0.29, 0.717) is 25.4 Å². The van der Waals surface area contributed by atoms with Gasteiger partial charge in [-0.25, -0.2) is 4.79 Å². The number of benzene rings is 2. The van der Waals surface area contributed by atoms with Gasteiger partial charge >= 0.3 is 5.97 Å². The Morgan fingerprint density at radius 2 is 1.32 bits per heavy atom. The molecular weight excluding hydrogens is 396 g/mol. The monoisotopic (exact) mass is 428 g/mol. The molecule has 2 rings (SSSR count). The maximum Gasteiger partial charge on any atom is 0.333 e. The maximum absolute atomic E-state index is 11.2. The Kier molecular flexibility index (Phi) is 9.56. The predicted octanol–water partition coefficient (Wildman–Crippen LogP) is 3.90. The molecule has 0 heterocycles. The Morgan fingerprint density at radius 3 is 1.81 bits per heavy atom. The SMILES string of the molecule is C=C(C)C(=O)OCCOCCOc1ccc(C(C)(C)c2ccc(OCCO)cc2)cc1. The minimum Gasteiger partial charge on any atom is -0.491 e. The van der Waals surface area contributed by atoms with Crippen LogP contribution < -0.4 is 9.47 Å². The summed E-state index contributed by atoms with van der Waals surface area (Å²) >= 11 is 0. The Morgan fingerprint density at radius 1 is 0.839 bits per heavy atom. The van der Waals surface area contributed by atoms with E-state index in [0.717, 1.165) is 11.5 Å². The number of carbonyl (C=O) groups is 1. The molecule has 0 aliphatic heterocycles. The second-order valence-corrected chi connectivity index (χ2v) is 7.62. The third-order valence-corrected chi connectivity index (χ3v) is 4.82. The van der Waals surface area contributed by atoms with Gasteiger partial charge in [0.25, 0.3) is 0 Å². The highest BCUT2D eigenvalue weighted by molar-refractivity contribution is 5.86. The summed E-state index contributed by atoms with van der Waals surface area (Å²) in [4.78, 5) is 11.2. The number of aliphatic hydroxyl groups is 1. The van der Waals surface area contributed by atoms with Crippen LogP contribution in [0, 0.1) is 0 Å². The van der Waals surface area contributed by atoms with E-state index in [9.17, 15) is 4.79 Å². The number of carbonyl (C=O) groups excluding carboxylic acids is 1. The molecule has 0 saturated heterocycles. The standard InChI is InChI=1S/C25H32O6/c1-19(2)24(27)31-18-16-28-15-17-30-23-11-7-21(8-12-23)25(3,4)20-5-9-22(10-6-20)29-14-13-26/h5-12,26H,1,13-18H2,2-4H3. The fraction of sp³-hybridized carbons (Fsp3) is 0.400. The predicted molar refractivity (Wildman–Crippen MR) is 120 cm³/mol. The summed E-state index contributed by atoms with van der Waals surface area (Å²) in [5, 5.41) is 8.86. The lowest BCUT2D eigenvalue weighted by atomic mass is 9.78. The molecule has 0 spiro atoms. The number of rotatable bonds is 13.